The lowest BCUT2D eigenvalue weighted by molar-refractivity contribution is -0.384. The van der Waals surface area contributed by atoms with Gasteiger partial charge in [-0.1, -0.05) is 23.7 Å². The highest BCUT2D eigenvalue weighted by atomic mass is 35.5. The summed E-state index contributed by atoms with van der Waals surface area (Å²) >= 11 is 5.68. The fourth-order valence-electron chi connectivity index (χ4n) is 2.57. The highest BCUT2D eigenvalue weighted by Crippen LogP contribution is 2.19. The van der Waals surface area contributed by atoms with Gasteiger partial charge in [-0.15, -0.1) is 0 Å². The molecule has 1 heterocycles. The molecule has 0 bridgehead atoms. The molecule has 7 nitrogen and oxygen atoms in total. The van der Waals surface area contributed by atoms with Crippen LogP contribution in [-0.2, 0) is 6.54 Å². The van der Waals surface area contributed by atoms with E-state index >= 15 is 0 Å². The van der Waals surface area contributed by atoms with Crippen molar-refractivity contribution in [2.24, 2.45) is 0 Å². The van der Waals surface area contributed by atoms with Gasteiger partial charge in [0.25, 0.3) is 17.2 Å². The second-order valence-electron chi connectivity index (χ2n) is 5.86. The van der Waals surface area contributed by atoms with Gasteiger partial charge in [0.1, 0.15) is 11.4 Å². The Bertz CT molecular complexity index is 1130. The summed E-state index contributed by atoms with van der Waals surface area (Å²) in [6.45, 7) is 0.0595. The SMILES string of the molecule is O=C(Nc1ccc(F)c(Cl)c1)c1cccn(Cc2cccc([N+](=O)[O-])c2)c1=O. The van der Waals surface area contributed by atoms with Gasteiger partial charge < -0.3 is 9.88 Å². The smallest absolute Gasteiger partial charge is 0.269 e. The number of hydrogen-bond acceptors (Lipinski definition) is 4. The van der Waals surface area contributed by atoms with Crippen LogP contribution in [0.1, 0.15) is 15.9 Å². The molecule has 0 spiro atoms. The van der Waals surface area contributed by atoms with Gasteiger partial charge in [-0.25, -0.2) is 4.39 Å². The summed E-state index contributed by atoms with van der Waals surface area (Å²) < 4.78 is 14.5. The van der Waals surface area contributed by atoms with Crippen molar-refractivity contribution in [3.8, 4) is 0 Å². The normalized spacial score (nSPS) is 10.5. The van der Waals surface area contributed by atoms with Gasteiger partial charge in [0, 0.05) is 24.0 Å². The fourth-order valence-corrected chi connectivity index (χ4v) is 2.75. The van der Waals surface area contributed by atoms with Crippen LogP contribution in [0.3, 0.4) is 0 Å². The number of halogens is 2. The molecule has 0 saturated heterocycles. The van der Waals surface area contributed by atoms with Gasteiger partial charge in [0.2, 0.25) is 0 Å². The Morgan fingerprint density at radius 1 is 1.18 bits per heavy atom. The molecular weight excluding hydrogens is 389 g/mol. The number of non-ortho nitro benzene ring substituents is 1. The standard InChI is InChI=1S/C19H13ClFN3O4/c20-16-10-13(6-7-17(16)21)22-18(25)15-5-2-8-23(19(15)26)11-12-3-1-4-14(9-12)24(27)28/h1-10H,11H2,(H,22,25). The van der Waals surface area contributed by atoms with Gasteiger partial charge in [-0.3, -0.25) is 19.7 Å². The van der Waals surface area contributed by atoms with E-state index < -0.39 is 22.2 Å². The molecule has 142 valence electrons. The molecule has 3 aromatic rings. The average molecular weight is 402 g/mol. The number of anilines is 1. The Balaban J connectivity index is 1.85. The number of nitro benzene ring substituents is 1. The molecule has 0 fully saturated rings. The van der Waals surface area contributed by atoms with E-state index in [9.17, 15) is 24.1 Å². The van der Waals surface area contributed by atoms with Crippen molar-refractivity contribution in [2.75, 3.05) is 5.32 Å². The van der Waals surface area contributed by atoms with Gasteiger partial charge in [0.15, 0.2) is 0 Å². The molecule has 0 aliphatic carbocycles. The number of nitro groups is 1. The minimum absolute atomic E-state index is 0.0595. The number of nitrogens with one attached hydrogen (secondary N) is 1. The minimum Gasteiger partial charge on any atom is -0.322 e. The lowest BCUT2D eigenvalue weighted by Gasteiger charge is -2.09. The van der Waals surface area contributed by atoms with Crippen molar-refractivity contribution >= 4 is 28.9 Å². The minimum atomic E-state index is -0.680. The predicted octanol–water partition coefficient (Wildman–Crippen LogP) is 3.85. The van der Waals surface area contributed by atoms with E-state index in [1.807, 2.05) is 0 Å². The summed E-state index contributed by atoms with van der Waals surface area (Å²) in [4.78, 5) is 35.4. The molecule has 0 radical (unpaired) electrons. The third kappa shape index (κ3) is 4.24. The number of carbonyl (C=O) groups is 1. The first-order valence-electron chi connectivity index (χ1n) is 8.04. The third-order valence-electron chi connectivity index (χ3n) is 3.92. The van der Waals surface area contributed by atoms with Crippen LogP contribution in [-0.4, -0.2) is 15.4 Å². The third-order valence-corrected chi connectivity index (χ3v) is 4.21. The molecule has 28 heavy (non-hydrogen) atoms. The molecule has 1 aromatic heterocycles. The number of nitrogens with zero attached hydrogens (tertiary/aromatic N) is 2. The number of carbonyl (C=O) groups excluding carboxylic acids is 1. The molecule has 9 heteroatoms. The van der Waals surface area contributed by atoms with Crippen LogP contribution in [0.15, 0.2) is 65.6 Å². The maximum absolute atomic E-state index is 13.2. The molecule has 0 saturated carbocycles. The van der Waals surface area contributed by atoms with Crippen LogP contribution < -0.4 is 10.9 Å². The van der Waals surface area contributed by atoms with Gasteiger partial charge in [-0.05, 0) is 35.9 Å². The van der Waals surface area contributed by atoms with Crippen LogP contribution in [0.2, 0.25) is 5.02 Å². The molecule has 0 aliphatic rings. The molecule has 2 aromatic carbocycles. The van der Waals surface area contributed by atoms with E-state index in [1.165, 1.54) is 53.2 Å². The van der Waals surface area contributed by atoms with Crippen molar-refractivity contribution in [2.45, 2.75) is 6.54 Å². The van der Waals surface area contributed by atoms with E-state index in [0.717, 1.165) is 6.07 Å². The summed E-state index contributed by atoms with van der Waals surface area (Å²) in [6, 6.07) is 12.4. The van der Waals surface area contributed by atoms with Crippen LogP contribution in [0, 0.1) is 15.9 Å². The Labute approximate surface area is 163 Å². The van der Waals surface area contributed by atoms with Crippen LogP contribution in [0.25, 0.3) is 0 Å². The van der Waals surface area contributed by atoms with E-state index in [2.05, 4.69) is 5.32 Å². The number of hydrogen-bond donors (Lipinski definition) is 1. The maximum Gasteiger partial charge on any atom is 0.269 e. The first-order chi connectivity index (χ1) is 13.3. The van der Waals surface area contributed by atoms with Gasteiger partial charge in [0.05, 0.1) is 16.5 Å². The van der Waals surface area contributed by atoms with E-state index in [1.54, 1.807) is 6.07 Å². The topological polar surface area (TPSA) is 94.2 Å². The Morgan fingerprint density at radius 3 is 2.68 bits per heavy atom. The van der Waals surface area contributed by atoms with Crippen molar-refractivity contribution in [3.63, 3.8) is 0 Å². The number of rotatable bonds is 5. The lowest BCUT2D eigenvalue weighted by Crippen LogP contribution is -2.29. The summed E-state index contributed by atoms with van der Waals surface area (Å²) in [5, 5.41) is 13.2. The number of amides is 1. The molecule has 0 aliphatic heterocycles. The van der Waals surface area contributed by atoms with E-state index in [0.29, 0.717) is 5.56 Å². The van der Waals surface area contributed by atoms with Crippen molar-refractivity contribution in [1.29, 1.82) is 0 Å². The molecule has 0 unspecified atom stereocenters. The molecule has 1 N–H and O–H groups in total. The lowest BCUT2D eigenvalue weighted by atomic mass is 10.2. The quantitative estimate of drug-likeness (QED) is 0.519. The van der Waals surface area contributed by atoms with Crippen LogP contribution >= 0.6 is 11.6 Å². The fraction of sp³-hybridized carbons (Fsp3) is 0.0526. The number of aromatic nitrogens is 1. The van der Waals surface area contributed by atoms with Crippen molar-refractivity contribution < 1.29 is 14.1 Å². The second kappa shape index (κ2) is 8.01. The van der Waals surface area contributed by atoms with Crippen molar-refractivity contribution in [1.82, 2.24) is 4.57 Å². The Hall–Kier alpha value is -3.52. The molecular formula is C19H13ClFN3O4. The second-order valence-corrected chi connectivity index (χ2v) is 6.27. The monoisotopic (exact) mass is 401 g/mol. The van der Waals surface area contributed by atoms with Crippen LogP contribution in [0.5, 0.6) is 0 Å². The predicted molar refractivity (Wildman–Crippen MR) is 102 cm³/mol. The zero-order valence-electron chi connectivity index (χ0n) is 14.3. The average Bonchev–Trinajstić information content (AvgIpc) is 2.66. The summed E-state index contributed by atoms with van der Waals surface area (Å²) in [5.41, 5.74) is -0.00945. The summed E-state index contributed by atoms with van der Waals surface area (Å²) in [6.07, 6.45) is 1.48. The Kier molecular flexibility index (Phi) is 5.51. The molecule has 0 atom stereocenters. The van der Waals surface area contributed by atoms with Crippen LogP contribution in [0.4, 0.5) is 15.8 Å². The number of benzene rings is 2. The zero-order valence-corrected chi connectivity index (χ0v) is 15.0. The van der Waals surface area contributed by atoms with Crippen molar-refractivity contribution in [3.05, 3.63) is 103 Å². The van der Waals surface area contributed by atoms with Gasteiger partial charge in [-0.2, -0.15) is 0 Å². The molecule has 1 amide bonds. The number of pyridine rings is 1. The highest BCUT2D eigenvalue weighted by Gasteiger charge is 2.14. The summed E-state index contributed by atoms with van der Waals surface area (Å²) in [5.74, 6) is -1.31. The molecule has 3 rings (SSSR count). The first-order valence-corrected chi connectivity index (χ1v) is 8.42. The van der Waals surface area contributed by atoms with E-state index in [-0.39, 0.29) is 28.5 Å². The first kappa shape index (κ1) is 19.2. The maximum atomic E-state index is 13.2. The largest absolute Gasteiger partial charge is 0.322 e. The summed E-state index contributed by atoms with van der Waals surface area (Å²) in [7, 11) is 0. The highest BCUT2D eigenvalue weighted by molar-refractivity contribution is 6.31. The van der Waals surface area contributed by atoms with Gasteiger partial charge >= 0.3 is 0 Å². The zero-order chi connectivity index (χ0) is 20.3. The van der Waals surface area contributed by atoms with E-state index in [4.69, 9.17) is 11.6 Å². The Morgan fingerprint density at radius 2 is 1.96 bits per heavy atom.